The normalized spacial score (nSPS) is 28.1. The molecule has 26 heavy (non-hydrogen) atoms. The van der Waals surface area contributed by atoms with Crippen molar-refractivity contribution in [3.8, 4) is 0 Å². The Labute approximate surface area is 159 Å². The lowest BCUT2D eigenvalue weighted by atomic mass is 9.77. The van der Waals surface area contributed by atoms with Crippen molar-refractivity contribution < 1.29 is 14.3 Å². The van der Waals surface area contributed by atoms with Gasteiger partial charge in [-0.15, -0.1) is 0 Å². The summed E-state index contributed by atoms with van der Waals surface area (Å²) in [4.78, 5) is 28.2. The van der Waals surface area contributed by atoms with Crippen molar-refractivity contribution in [2.24, 2.45) is 5.92 Å². The van der Waals surface area contributed by atoms with Gasteiger partial charge in [-0.25, -0.2) is 0 Å². The zero-order valence-corrected chi connectivity index (χ0v) is 15.8. The Morgan fingerprint density at radius 1 is 1.15 bits per heavy atom. The molecule has 0 N–H and O–H groups in total. The number of Topliss-reactive ketones (excluding diaryl/α,β-unsaturated/α-hetero) is 1. The number of ketones is 1. The predicted octanol–water partition coefficient (Wildman–Crippen LogP) is 4.44. The number of hydrogen-bond donors (Lipinski definition) is 0. The van der Waals surface area contributed by atoms with Crippen LogP contribution in [0.15, 0.2) is 35.6 Å². The number of hydrogen-bond acceptors (Lipinski definition) is 3. The fraction of sp³-hybridized carbons (Fsp3) is 0.524. The molecule has 1 aromatic carbocycles. The first-order valence-electron chi connectivity index (χ1n) is 9.63. The summed E-state index contributed by atoms with van der Waals surface area (Å²) in [6.07, 6.45) is 5.59. The number of amides is 1. The maximum absolute atomic E-state index is 13.3. The van der Waals surface area contributed by atoms with Gasteiger partial charge in [-0.2, -0.15) is 0 Å². The number of rotatable bonds is 4. The van der Waals surface area contributed by atoms with E-state index in [0.717, 1.165) is 44.1 Å². The topological polar surface area (TPSA) is 46.6 Å². The summed E-state index contributed by atoms with van der Waals surface area (Å²) in [5, 5.41) is 0.644. The number of carbonyl (C=O) groups excluding carboxylic acids is 2. The molecule has 3 aliphatic rings. The first-order valence-corrected chi connectivity index (χ1v) is 10.0. The number of nitrogens with zero attached hydrogens (tertiary/aromatic N) is 1. The van der Waals surface area contributed by atoms with E-state index in [1.54, 1.807) is 0 Å². The van der Waals surface area contributed by atoms with Gasteiger partial charge in [0.15, 0.2) is 11.5 Å². The van der Waals surface area contributed by atoms with Gasteiger partial charge in [-0.3, -0.25) is 9.59 Å². The van der Waals surface area contributed by atoms with Gasteiger partial charge >= 0.3 is 0 Å². The van der Waals surface area contributed by atoms with Crippen molar-refractivity contribution in [3.05, 3.63) is 46.2 Å². The van der Waals surface area contributed by atoms with E-state index >= 15 is 0 Å². The summed E-state index contributed by atoms with van der Waals surface area (Å²) in [6.45, 7) is 2.73. The standard InChI is InChI=1S/C21H24ClNO3/c1-2-3-12-23-18(13-8-10-14(22)11-9-13)17-19(24)15-6-4-5-7-16(15)26-20(17)21(23)25/h8-11,15-16,18H,2-7,12H2,1H3. The molecule has 1 aromatic rings. The van der Waals surface area contributed by atoms with Crippen LogP contribution in [0.4, 0.5) is 0 Å². The van der Waals surface area contributed by atoms with Gasteiger partial charge in [-0.05, 0) is 43.4 Å². The van der Waals surface area contributed by atoms with E-state index in [1.807, 2.05) is 29.2 Å². The summed E-state index contributed by atoms with van der Waals surface area (Å²) in [5.41, 5.74) is 1.49. The molecule has 3 unspecified atom stereocenters. The number of carbonyl (C=O) groups is 2. The van der Waals surface area contributed by atoms with E-state index in [9.17, 15) is 9.59 Å². The monoisotopic (exact) mass is 373 g/mol. The number of fused-ring (bicyclic) bond motifs is 1. The Morgan fingerprint density at radius 3 is 2.62 bits per heavy atom. The van der Waals surface area contributed by atoms with Crippen LogP contribution >= 0.6 is 11.6 Å². The molecule has 2 heterocycles. The van der Waals surface area contributed by atoms with Gasteiger partial charge in [-0.1, -0.05) is 43.5 Å². The van der Waals surface area contributed by atoms with Crippen LogP contribution < -0.4 is 0 Å². The van der Waals surface area contributed by atoms with Crippen LogP contribution in [0.3, 0.4) is 0 Å². The van der Waals surface area contributed by atoms with Crippen molar-refractivity contribution in [2.45, 2.75) is 57.6 Å². The third-order valence-corrected chi connectivity index (χ3v) is 6.05. The summed E-state index contributed by atoms with van der Waals surface area (Å²) in [7, 11) is 0. The van der Waals surface area contributed by atoms with Gasteiger partial charge in [0.05, 0.1) is 17.5 Å². The number of unbranched alkanes of at least 4 members (excludes halogenated alkanes) is 1. The molecule has 0 saturated heterocycles. The second kappa shape index (κ2) is 7.07. The average Bonchev–Trinajstić information content (AvgIpc) is 2.93. The van der Waals surface area contributed by atoms with Crippen LogP contribution in [0.5, 0.6) is 0 Å². The van der Waals surface area contributed by atoms with E-state index in [-0.39, 0.29) is 29.8 Å². The van der Waals surface area contributed by atoms with Crippen molar-refractivity contribution in [1.29, 1.82) is 0 Å². The Kier molecular flexibility index (Phi) is 4.78. The molecular formula is C21H24ClNO3. The molecule has 1 aliphatic carbocycles. The third-order valence-electron chi connectivity index (χ3n) is 5.80. The van der Waals surface area contributed by atoms with E-state index in [2.05, 4.69) is 6.92 Å². The van der Waals surface area contributed by atoms with E-state index in [0.29, 0.717) is 22.9 Å². The largest absolute Gasteiger partial charge is 0.483 e. The molecule has 0 radical (unpaired) electrons. The van der Waals surface area contributed by atoms with Crippen LogP contribution in [0, 0.1) is 5.92 Å². The fourth-order valence-corrected chi connectivity index (χ4v) is 4.57. The fourth-order valence-electron chi connectivity index (χ4n) is 4.44. The summed E-state index contributed by atoms with van der Waals surface area (Å²) in [6, 6.07) is 7.10. The minimum Gasteiger partial charge on any atom is -0.483 e. The Balaban J connectivity index is 1.76. The highest BCUT2D eigenvalue weighted by molar-refractivity contribution is 6.30. The summed E-state index contributed by atoms with van der Waals surface area (Å²) >= 11 is 6.04. The maximum Gasteiger partial charge on any atom is 0.290 e. The first-order chi connectivity index (χ1) is 12.6. The molecule has 1 saturated carbocycles. The summed E-state index contributed by atoms with van der Waals surface area (Å²) < 4.78 is 6.12. The minimum atomic E-state index is -0.350. The molecule has 4 nitrogen and oxygen atoms in total. The highest BCUT2D eigenvalue weighted by Crippen LogP contribution is 2.46. The second-order valence-electron chi connectivity index (χ2n) is 7.46. The van der Waals surface area contributed by atoms with Crippen LogP contribution in [-0.4, -0.2) is 29.2 Å². The predicted molar refractivity (Wildman–Crippen MR) is 99.7 cm³/mol. The minimum absolute atomic E-state index is 0.101. The molecule has 5 heteroatoms. The molecule has 138 valence electrons. The molecular weight excluding hydrogens is 350 g/mol. The van der Waals surface area contributed by atoms with Gasteiger partial charge in [0.1, 0.15) is 6.10 Å². The van der Waals surface area contributed by atoms with Crippen molar-refractivity contribution in [1.82, 2.24) is 4.90 Å². The van der Waals surface area contributed by atoms with Gasteiger partial charge in [0, 0.05) is 11.6 Å². The molecule has 0 spiro atoms. The highest BCUT2D eigenvalue weighted by Gasteiger charge is 2.51. The molecule has 4 rings (SSSR count). The Hall–Kier alpha value is -1.81. The highest BCUT2D eigenvalue weighted by atomic mass is 35.5. The quantitative estimate of drug-likeness (QED) is 0.784. The lowest BCUT2D eigenvalue weighted by Crippen LogP contribution is -2.39. The van der Waals surface area contributed by atoms with Crippen molar-refractivity contribution in [3.63, 3.8) is 0 Å². The van der Waals surface area contributed by atoms with Gasteiger partial charge in [0.2, 0.25) is 0 Å². The van der Waals surface area contributed by atoms with Crippen LogP contribution in [0.25, 0.3) is 0 Å². The van der Waals surface area contributed by atoms with Gasteiger partial charge in [0.25, 0.3) is 5.91 Å². The van der Waals surface area contributed by atoms with E-state index in [4.69, 9.17) is 16.3 Å². The van der Waals surface area contributed by atoms with E-state index in [1.165, 1.54) is 0 Å². The number of ether oxygens (including phenoxy) is 1. The SMILES string of the molecule is CCCCN1C(=O)C2=C(C(=O)C3CCCCC3O2)C1c1ccc(Cl)cc1. The zero-order valence-electron chi connectivity index (χ0n) is 15.0. The van der Waals surface area contributed by atoms with E-state index < -0.39 is 0 Å². The third kappa shape index (κ3) is 2.84. The smallest absolute Gasteiger partial charge is 0.290 e. The average molecular weight is 374 g/mol. The van der Waals surface area contributed by atoms with Crippen LogP contribution in [-0.2, 0) is 14.3 Å². The molecule has 3 atom stereocenters. The molecule has 2 aliphatic heterocycles. The lowest BCUT2D eigenvalue weighted by molar-refractivity contribution is -0.135. The maximum atomic E-state index is 13.3. The number of benzene rings is 1. The Morgan fingerprint density at radius 2 is 1.88 bits per heavy atom. The zero-order chi connectivity index (χ0) is 18.3. The summed E-state index contributed by atoms with van der Waals surface area (Å²) in [5.74, 6) is 0.180. The first kappa shape index (κ1) is 17.6. The lowest BCUT2D eigenvalue weighted by Gasteiger charge is -2.35. The Bertz CT molecular complexity index is 755. The van der Waals surface area contributed by atoms with Crippen LogP contribution in [0.1, 0.15) is 57.1 Å². The van der Waals surface area contributed by atoms with Gasteiger partial charge < -0.3 is 9.64 Å². The van der Waals surface area contributed by atoms with Crippen LogP contribution in [0.2, 0.25) is 5.02 Å². The molecule has 0 bridgehead atoms. The molecule has 1 fully saturated rings. The molecule has 1 amide bonds. The second-order valence-corrected chi connectivity index (χ2v) is 7.90. The number of halogens is 1. The molecule has 0 aromatic heterocycles. The van der Waals surface area contributed by atoms with Crippen molar-refractivity contribution in [2.75, 3.05) is 6.54 Å². The van der Waals surface area contributed by atoms with Crippen molar-refractivity contribution >= 4 is 23.3 Å².